The second-order valence-electron chi connectivity index (χ2n) is 5.76. The van der Waals surface area contributed by atoms with E-state index in [9.17, 15) is 9.18 Å². The molecule has 3 aromatic carbocycles. The fraction of sp³-hybridized carbons (Fsp3) is 0.0455. The molecule has 0 aliphatic rings. The lowest BCUT2D eigenvalue weighted by atomic mass is 10.1. The lowest BCUT2D eigenvalue weighted by Gasteiger charge is -2.06. The number of ether oxygens (including phenoxy) is 1. The monoisotopic (exact) mass is 400 g/mol. The molecule has 0 N–H and O–H groups in total. The summed E-state index contributed by atoms with van der Waals surface area (Å²) in [6.07, 6.45) is 2.92. The molecule has 3 rings (SSSR count). The Morgan fingerprint density at radius 3 is 2.37 bits per heavy atom. The molecule has 0 aliphatic carbocycles. The molecular formula is C22H15Cl2FO2. The average Bonchev–Trinajstić information content (AvgIpc) is 2.69. The van der Waals surface area contributed by atoms with Crippen molar-refractivity contribution in [3.05, 3.63) is 105 Å². The predicted molar refractivity (Wildman–Crippen MR) is 107 cm³/mol. The summed E-state index contributed by atoms with van der Waals surface area (Å²) in [4.78, 5) is 12.3. The molecule has 0 saturated heterocycles. The highest BCUT2D eigenvalue weighted by atomic mass is 35.5. The summed E-state index contributed by atoms with van der Waals surface area (Å²) in [6.45, 7) is 0.477. The molecule has 0 unspecified atom stereocenters. The lowest BCUT2D eigenvalue weighted by Crippen LogP contribution is -1.99. The molecule has 0 amide bonds. The van der Waals surface area contributed by atoms with Crippen molar-refractivity contribution in [2.45, 2.75) is 6.61 Å². The molecule has 27 heavy (non-hydrogen) atoms. The standard InChI is InChI=1S/C22H15Cl2FO2/c23-18-11-12-19(25)22(24)21(18)20(26)13-8-15-6-9-17(10-7-15)27-14-16-4-2-1-3-5-16/h1-13H,14H2/b13-8+. The minimum Gasteiger partial charge on any atom is -0.489 e. The van der Waals surface area contributed by atoms with Gasteiger partial charge in [-0.15, -0.1) is 0 Å². The average molecular weight is 401 g/mol. The first-order valence-corrected chi connectivity index (χ1v) is 8.93. The van der Waals surface area contributed by atoms with E-state index in [1.165, 1.54) is 12.1 Å². The first kappa shape index (κ1) is 19.2. The Balaban J connectivity index is 1.66. The van der Waals surface area contributed by atoms with Gasteiger partial charge in [0, 0.05) is 0 Å². The molecule has 0 saturated carbocycles. The molecule has 0 bridgehead atoms. The maximum Gasteiger partial charge on any atom is 0.188 e. The van der Waals surface area contributed by atoms with Gasteiger partial charge in [-0.3, -0.25) is 4.79 Å². The van der Waals surface area contributed by atoms with Gasteiger partial charge in [0.25, 0.3) is 0 Å². The largest absolute Gasteiger partial charge is 0.489 e. The molecule has 2 nitrogen and oxygen atoms in total. The second-order valence-corrected chi connectivity index (χ2v) is 6.54. The van der Waals surface area contributed by atoms with E-state index in [1.807, 2.05) is 54.6 Å². The Bertz CT molecular complexity index is 968. The maximum atomic E-state index is 13.5. The number of ketones is 1. The van der Waals surface area contributed by atoms with E-state index in [0.717, 1.165) is 22.9 Å². The van der Waals surface area contributed by atoms with Crippen LogP contribution in [0.15, 0.2) is 72.8 Å². The highest BCUT2D eigenvalue weighted by Gasteiger charge is 2.15. The zero-order chi connectivity index (χ0) is 19.2. The summed E-state index contributed by atoms with van der Waals surface area (Å²) in [5.74, 6) is -0.426. The van der Waals surface area contributed by atoms with Gasteiger partial charge < -0.3 is 4.74 Å². The maximum absolute atomic E-state index is 13.5. The number of carbonyl (C=O) groups excluding carboxylic acids is 1. The van der Waals surface area contributed by atoms with Crippen LogP contribution in [0.25, 0.3) is 6.08 Å². The van der Waals surface area contributed by atoms with Gasteiger partial charge in [-0.2, -0.15) is 0 Å². The molecular weight excluding hydrogens is 386 g/mol. The van der Waals surface area contributed by atoms with Crippen LogP contribution in [0.3, 0.4) is 0 Å². The summed E-state index contributed by atoms with van der Waals surface area (Å²) >= 11 is 11.8. The van der Waals surface area contributed by atoms with E-state index in [-0.39, 0.29) is 15.6 Å². The number of rotatable bonds is 6. The van der Waals surface area contributed by atoms with Gasteiger partial charge in [0.05, 0.1) is 15.6 Å². The zero-order valence-electron chi connectivity index (χ0n) is 14.2. The summed E-state index contributed by atoms with van der Waals surface area (Å²) in [7, 11) is 0. The number of hydrogen-bond acceptors (Lipinski definition) is 2. The Hall–Kier alpha value is -2.62. The molecule has 0 heterocycles. The highest BCUT2D eigenvalue weighted by Crippen LogP contribution is 2.28. The smallest absolute Gasteiger partial charge is 0.188 e. The van der Waals surface area contributed by atoms with Crippen molar-refractivity contribution in [1.29, 1.82) is 0 Å². The first-order valence-electron chi connectivity index (χ1n) is 8.17. The molecule has 3 aromatic rings. The SMILES string of the molecule is O=C(/C=C/c1ccc(OCc2ccccc2)cc1)c1c(Cl)ccc(F)c1Cl. The van der Waals surface area contributed by atoms with Gasteiger partial charge in [-0.1, -0.05) is 71.7 Å². The molecule has 0 fully saturated rings. The third kappa shape index (κ3) is 4.97. The Labute approximate surface area is 166 Å². The molecule has 136 valence electrons. The third-order valence-electron chi connectivity index (χ3n) is 3.85. The van der Waals surface area contributed by atoms with E-state index in [2.05, 4.69) is 0 Å². The van der Waals surface area contributed by atoms with Crippen LogP contribution in [0.5, 0.6) is 5.75 Å². The number of allylic oxidation sites excluding steroid dienone is 1. The predicted octanol–water partition coefficient (Wildman–Crippen LogP) is 6.61. The van der Waals surface area contributed by atoms with E-state index >= 15 is 0 Å². The summed E-state index contributed by atoms with van der Waals surface area (Å²) < 4.78 is 19.3. The molecule has 5 heteroatoms. The van der Waals surface area contributed by atoms with Crippen molar-refractivity contribution < 1.29 is 13.9 Å². The topological polar surface area (TPSA) is 26.3 Å². The number of hydrogen-bond donors (Lipinski definition) is 0. The Kier molecular flexibility index (Phi) is 6.28. The minimum absolute atomic E-state index is 0.0441. The van der Waals surface area contributed by atoms with Gasteiger partial charge in [0.1, 0.15) is 18.2 Å². The Morgan fingerprint density at radius 2 is 1.67 bits per heavy atom. The molecule has 0 aromatic heterocycles. The molecule has 0 spiro atoms. The summed E-state index contributed by atoms with van der Waals surface area (Å²) in [5.41, 5.74) is 1.83. The fourth-order valence-electron chi connectivity index (χ4n) is 2.42. The second kappa shape index (κ2) is 8.85. The summed E-state index contributed by atoms with van der Waals surface area (Å²) in [6, 6.07) is 19.6. The van der Waals surface area contributed by atoms with Gasteiger partial charge in [-0.05, 0) is 41.5 Å². The Morgan fingerprint density at radius 1 is 0.963 bits per heavy atom. The van der Waals surface area contributed by atoms with E-state index in [0.29, 0.717) is 6.61 Å². The van der Waals surface area contributed by atoms with Crippen LogP contribution in [0.4, 0.5) is 4.39 Å². The quantitative estimate of drug-likeness (QED) is 0.264. The van der Waals surface area contributed by atoms with Crippen LogP contribution < -0.4 is 4.74 Å². The summed E-state index contributed by atoms with van der Waals surface area (Å²) in [5, 5.41) is -0.164. The number of carbonyl (C=O) groups is 1. The first-order chi connectivity index (χ1) is 13.0. The van der Waals surface area contributed by atoms with Gasteiger partial charge >= 0.3 is 0 Å². The van der Waals surface area contributed by atoms with Crippen LogP contribution in [-0.4, -0.2) is 5.78 Å². The van der Waals surface area contributed by atoms with Crippen molar-refractivity contribution in [1.82, 2.24) is 0 Å². The van der Waals surface area contributed by atoms with E-state index in [4.69, 9.17) is 27.9 Å². The van der Waals surface area contributed by atoms with Crippen molar-refractivity contribution in [3.63, 3.8) is 0 Å². The van der Waals surface area contributed by atoms with Crippen molar-refractivity contribution in [3.8, 4) is 5.75 Å². The highest BCUT2D eigenvalue weighted by molar-refractivity contribution is 6.40. The molecule has 0 aliphatic heterocycles. The minimum atomic E-state index is -0.683. The number of halogens is 3. The van der Waals surface area contributed by atoms with E-state index < -0.39 is 11.6 Å². The molecule has 0 radical (unpaired) electrons. The van der Waals surface area contributed by atoms with Crippen molar-refractivity contribution in [2.75, 3.05) is 0 Å². The number of benzene rings is 3. The van der Waals surface area contributed by atoms with Crippen molar-refractivity contribution in [2.24, 2.45) is 0 Å². The van der Waals surface area contributed by atoms with Gasteiger partial charge in [0.2, 0.25) is 0 Å². The van der Waals surface area contributed by atoms with Crippen LogP contribution >= 0.6 is 23.2 Å². The third-order valence-corrected chi connectivity index (χ3v) is 4.53. The van der Waals surface area contributed by atoms with Crippen LogP contribution in [0, 0.1) is 5.82 Å². The van der Waals surface area contributed by atoms with Crippen molar-refractivity contribution >= 4 is 35.1 Å². The van der Waals surface area contributed by atoms with Gasteiger partial charge in [-0.25, -0.2) is 4.39 Å². The lowest BCUT2D eigenvalue weighted by molar-refractivity contribution is 0.104. The normalized spacial score (nSPS) is 10.9. The van der Waals surface area contributed by atoms with Crippen LogP contribution in [0.1, 0.15) is 21.5 Å². The van der Waals surface area contributed by atoms with Crippen LogP contribution in [-0.2, 0) is 6.61 Å². The zero-order valence-corrected chi connectivity index (χ0v) is 15.7. The fourth-order valence-corrected chi connectivity index (χ4v) is 2.98. The van der Waals surface area contributed by atoms with E-state index in [1.54, 1.807) is 6.08 Å². The molecule has 0 atom stereocenters. The van der Waals surface area contributed by atoms with Crippen LogP contribution in [0.2, 0.25) is 10.0 Å². The van der Waals surface area contributed by atoms with Gasteiger partial charge in [0.15, 0.2) is 5.78 Å².